The first-order chi connectivity index (χ1) is 16.4. The first-order valence-electron chi connectivity index (χ1n) is 10.0. The van der Waals surface area contributed by atoms with Gasteiger partial charge in [-0.1, -0.05) is 54.1 Å². The summed E-state index contributed by atoms with van der Waals surface area (Å²) in [5, 5.41) is 16.7. The van der Waals surface area contributed by atoms with E-state index < -0.39 is 16.7 Å². The molecule has 0 radical (unpaired) electrons. The van der Waals surface area contributed by atoms with Crippen LogP contribution in [0, 0.1) is 10.1 Å². The maximum Gasteiger partial charge on any atom is 0.270 e. The molecule has 0 unspecified atom stereocenters. The predicted octanol–water partition coefficient (Wildman–Crippen LogP) is 5.80. The number of non-ortho nitro benzene ring substituents is 1. The van der Waals surface area contributed by atoms with Crippen LogP contribution < -0.4 is 10.6 Å². The molecular formula is C24H17ClN4O4S. The summed E-state index contributed by atoms with van der Waals surface area (Å²) in [6, 6.07) is 20.0. The number of rotatable bonds is 7. The van der Waals surface area contributed by atoms with E-state index in [9.17, 15) is 19.7 Å². The smallest absolute Gasteiger partial charge is 0.270 e. The maximum absolute atomic E-state index is 12.9. The summed E-state index contributed by atoms with van der Waals surface area (Å²) in [6.07, 6.45) is 2.43. The Morgan fingerprint density at radius 1 is 0.941 bits per heavy atom. The lowest BCUT2D eigenvalue weighted by Crippen LogP contribution is -2.18. The Labute approximate surface area is 203 Å². The van der Waals surface area contributed by atoms with Gasteiger partial charge in [-0.3, -0.25) is 25.0 Å². The molecule has 0 bridgehead atoms. The third kappa shape index (κ3) is 5.45. The largest absolute Gasteiger partial charge is 0.321 e. The van der Waals surface area contributed by atoms with E-state index in [0.717, 1.165) is 16.5 Å². The number of carbonyl (C=O) groups excluding carboxylic acids is 2. The van der Waals surface area contributed by atoms with E-state index in [1.165, 1.54) is 23.5 Å². The van der Waals surface area contributed by atoms with E-state index in [4.69, 9.17) is 11.6 Å². The minimum Gasteiger partial charge on any atom is -0.321 e. The van der Waals surface area contributed by atoms with Crippen molar-refractivity contribution in [2.24, 2.45) is 0 Å². The van der Waals surface area contributed by atoms with Gasteiger partial charge in [0.15, 0.2) is 5.13 Å². The number of halogens is 1. The molecule has 4 rings (SSSR count). The molecule has 4 aromatic rings. The van der Waals surface area contributed by atoms with Gasteiger partial charge in [0.05, 0.1) is 26.8 Å². The van der Waals surface area contributed by atoms with Gasteiger partial charge in [0.25, 0.3) is 17.5 Å². The molecule has 0 saturated carbocycles. The molecule has 0 aliphatic rings. The fourth-order valence-electron chi connectivity index (χ4n) is 3.19. The number of aromatic nitrogens is 1. The predicted molar refractivity (Wildman–Crippen MR) is 132 cm³/mol. The number of anilines is 2. The van der Waals surface area contributed by atoms with Crippen molar-refractivity contribution in [2.75, 3.05) is 10.6 Å². The molecule has 3 aromatic carbocycles. The van der Waals surface area contributed by atoms with Gasteiger partial charge in [0, 0.05) is 29.6 Å². The van der Waals surface area contributed by atoms with Crippen molar-refractivity contribution in [3.63, 3.8) is 0 Å². The summed E-state index contributed by atoms with van der Waals surface area (Å²) in [7, 11) is 0. The first kappa shape index (κ1) is 23.1. The van der Waals surface area contributed by atoms with Crippen LogP contribution in [-0.2, 0) is 6.42 Å². The number of carbonyl (C=O) groups is 2. The summed E-state index contributed by atoms with van der Waals surface area (Å²) in [4.78, 5) is 41.2. The van der Waals surface area contributed by atoms with Gasteiger partial charge in [-0.05, 0) is 23.8 Å². The minimum absolute atomic E-state index is 0.0490. The molecule has 0 saturated heterocycles. The van der Waals surface area contributed by atoms with Crippen molar-refractivity contribution in [3.05, 3.63) is 116 Å². The van der Waals surface area contributed by atoms with E-state index in [1.54, 1.807) is 30.5 Å². The molecule has 10 heteroatoms. The maximum atomic E-state index is 12.9. The number of amides is 2. The van der Waals surface area contributed by atoms with Gasteiger partial charge in [0.2, 0.25) is 0 Å². The van der Waals surface area contributed by atoms with Crippen LogP contribution in [0.15, 0.2) is 79.0 Å². The zero-order valence-corrected chi connectivity index (χ0v) is 19.1. The number of para-hydroxylation sites is 1. The first-order valence-corrected chi connectivity index (χ1v) is 11.2. The second-order valence-corrected chi connectivity index (χ2v) is 8.69. The van der Waals surface area contributed by atoms with E-state index in [1.807, 2.05) is 30.3 Å². The molecule has 2 N–H and O–H groups in total. The average Bonchev–Trinajstić information content (AvgIpc) is 3.26. The molecule has 0 spiro atoms. The Morgan fingerprint density at radius 3 is 2.38 bits per heavy atom. The second kappa shape index (κ2) is 10.2. The van der Waals surface area contributed by atoms with E-state index in [-0.39, 0.29) is 27.5 Å². The van der Waals surface area contributed by atoms with Crippen LogP contribution in [0.1, 0.15) is 31.2 Å². The Hall–Kier alpha value is -4.08. The second-order valence-electron chi connectivity index (χ2n) is 7.17. The summed E-state index contributed by atoms with van der Waals surface area (Å²) in [5.41, 5.74) is 1.46. The monoisotopic (exact) mass is 492 g/mol. The van der Waals surface area contributed by atoms with Crippen LogP contribution in [0.3, 0.4) is 0 Å². The number of nitro benzene ring substituents is 1. The molecule has 0 aliphatic carbocycles. The fraction of sp³-hybridized carbons (Fsp3) is 0.0417. The van der Waals surface area contributed by atoms with Crippen molar-refractivity contribution in [2.45, 2.75) is 6.42 Å². The van der Waals surface area contributed by atoms with E-state index in [0.29, 0.717) is 11.6 Å². The molecule has 0 fully saturated rings. The topological polar surface area (TPSA) is 114 Å². The van der Waals surface area contributed by atoms with E-state index >= 15 is 0 Å². The molecule has 170 valence electrons. The van der Waals surface area contributed by atoms with Crippen molar-refractivity contribution in [1.82, 2.24) is 4.98 Å². The molecule has 8 nitrogen and oxygen atoms in total. The van der Waals surface area contributed by atoms with Gasteiger partial charge >= 0.3 is 0 Å². The van der Waals surface area contributed by atoms with Crippen LogP contribution in [0.25, 0.3) is 0 Å². The summed E-state index contributed by atoms with van der Waals surface area (Å²) in [6.45, 7) is 0. The number of nitrogens with one attached hydrogen (secondary N) is 2. The molecule has 34 heavy (non-hydrogen) atoms. The Bertz CT molecular complexity index is 1370. The highest BCUT2D eigenvalue weighted by Gasteiger charge is 2.18. The molecule has 1 aromatic heterocycles. The van der Waals surface area contributed by atoms with Gasteiger partial charge in [-0.15, -0.1) is 11.3 Å². The average molecular weight is 493 g/mol. The fourth-order valence-corrected chi connectivity index (χ4v) is 4.29. The zero-order valence-electron chi connectivity index (χ0n) is 17.5. The van der Waals surface area contributed by atoms with Crippen molar-refractivity contribution in [1.29, 1.82) is 0 Å². The number of hydrogen-bond donors (Lipinski definition) is 2. The highest BCUT2D eigenvalue weighted by Crippen LogP contribution is 2.26. The van der Waals surface area contributed by atoms with Crippen LogP contribution in [0.2, 0.25) is 5.02 Å². The van der Waals surface area contributed by atoms with Crippen LogP contribution in [0.5, 0.6) is 0 Å². The number of nitrogens with zero attached hydrogens (tertiary/aromatic N) is 2. The van der Waals surface area contributed by atoms with Gasteiger partial charge < -0.3 is 5.32 Å². The van der Waals surface area contributed by atoms with Crippen LogP contribution in [-0.4, -0.2) is 21.7 Å². The highest BCUT2D eigenvalue weighted by molar-refractivity contribution is 7.15. The standard InChI is InChI=1S/C24H17ClN4O4S/c25-20-13-16(29(32)33)10-11-18(20)22(30)27-21-9-5-4-8-19(21)23(31)28-24-26-14-17(34-24)12-15-6-2-1-3-7-15/h1-11,13-14H,12H2,(H,27,30)(H,26,28,31). The third-order valence-corrected chi connectivity index (χ3v) is 6.05. The summed E-state index contributed by atoms with van der Waals surface area (Å²) < 4.78 is 0. The van der Waals surface area contributed by atoms with Gasteiger partial charge in [0.1, 0.15) is 0 Å². The number of benzene rings is 3. The van der Waals surface area contributed by atoms with Crippen molar-refractivity contribution >= 4 is 51.3 Å². The molecule has 0 atom stereocenters. The Morgan fingerprint density at radius 2 is 1.65 bits per heavy atom. The lowest BCUT2D eigenvalue weighted by atomic mass is 10.1. The summed E-state index contributed by atoms with van der Waals surface area (Å²) in [5.74, 6) is -1.04. The third-order valence-electron chi connectivity index (χ3n) is 4.82. The van der Waals surface area contributed by atoms with Crippen molar-refractivity contribution in [3.8, 4) is 0 Å². The van der Waals surface area contributed by atoms with Gasteiger partial charge in [-0.2, -0.15) is 0 Å². The Kier molecular flexibility index (Phi) is 6.95. The number of thiazole rings is 1. The van der Waals surface area contributed by atoms with Crippen molar-refractivity contribution < 1.29 is 14.5 Å². The number of nitro groups is 1. The quantitative estimate of drug-likeness (QED) is 0.250. The number of hydrogen-bond acceptors (Lipinski definition) is 6. The molecular weight excluding hydrogens is 476 g/mol. The lowest BCUT2D eigenvalue weighted by molar-refractivity contribution is -0.384. The molecule has 1 heterocycles. The zero-order chi connectivity index (χ0) is 24.1. The summed E-state index contributed by atoms with van der Waals surface area (Å²) >= 11 is 7.42. The van der Waals surface area contributed by atoms with Crippen LogP contribution >= 0.6 is 22.9 Å². The minimum atomic E-state index is -0.600. The highest BCUT2D eigenvalue weighted by atomic mass is 35.5. The van der Waals surface area contributed by atoms with Crippen LogP contribution in [0.4, 0.5) is 16.5 Å². The SMILES string of the molecule is O=C(Nc1ccccc1C(=O)Nc1ncc(Cc2ccccc2)s1)c1ccc([N+](=O)[O-])cc1Cl. The van der Waals surface area contributed by atoms with Gasteiger partial charge in [-0.25, -0.2) is 4.98 Å². The lowest BCUT2D eigenvalue weighted by Gasteiger charge is -2.11. The Balaban J connectivity index is 1.47. The molecule has 0 aliphatic heterocycles. The normalized spacial score (nSPS) is 10.5. The molecule has 2 amide bonds. The van der Waals surface area contributed by atoms with E-state index in [2.05, 4.69) is 15.6 Å².